The number of halogens is 2. The summed E-state index contributed by atoms with van der Waals surface area (Å²) in [5.41, 5.74) is -0.125. The molecule has 1 aromatic carbocycles. The van der Waals surface area contributed by atoms with Crippen LogP contribution in [0, 0.1) is 5.82 Å². The number of nitrogens with one attached hydrogen (secondary N) is 3. The van der Waals surface area contributed by atoms with Crippen molar-refractivity contribution in [3.05, 3.63) is 53.2 Å². The lowest BCUT2D eigenvalue weighted by molar-refractivity contribution is -0.115. The fourth-order valence-electron chi connectivity index (χ4n) is 1.98. The molecular formula is C16H17ClFN5O2. The fraction of sp³-hybridized carbons (Fsp3) is 0.250. The van der Waals surface area contributed by atoms with Crippen molar-refractivity contribution in [1.82, 2.24) is 20.6 Å². The van der Waals surface area contributed by atoms with Crippen molar-refractivity contribution in [3.63, 3.8) is 0 Å². The summed E-state index contributed by atoms with van der Waals surface area (Å²) in [6.07, 6.45) is 4.40. The van der Waals surface area contributed by atoms with Crippen LogP contribution in [0.1, 0.15) is 17.3 Å². The Labute approximate surface area is 149 Å². The number of benzene rings is 1. The predicted octanol–water partition coefficient (Wildman–Crippen LogP) is 1.62. The predicted molar refractivity (Wildman–Crippen MR) is 91.9 cm³/mol. The number of carbonyl (C=O) groups is 2. The second-order valence-corrected chi connectivity index (χ2v) is 5.70. The molecule has 0 aliphatic heterocycles. The van der Waals surface area contributed by atoms with Crippen LogP contribution in [0.5, 0.6) is 0 Å². The normalized spacial score (nSPS) is 11.6. The van der Waals surface area contributed by atoms with Crippen molar-refractivity contribution in [1.29, 1.82) is 0 Å². The lowest BCUT2D eigenvalue weighted by atomic mass is 10.2. The zero-order valence-electron chi connectivity index (χ0n) is 13.4. The van der Waals surface area contributed by atoms with Gasteiger partial charge in [-0.1, -0.05) is 11.6 Å². The molecule has 0 saturated heterocycles. The molecule has 1 heterocycles. The van der Waals surface area contributed by atoms with Gasteiger partial charge in [0.1, 0.15) is 5.82 Å². The molecule has 132 valence electrons. The molecule has 0 unspecified atom stereocenters. The number of nitrogens with zero attached hydrogens (tertiary/aromatic N) is 2. The van der Waals surface area contributed by atoms with Crippen LogP contribution in [-0.2, 0) is 4.79 Å². The first kappa shape index (κ1) is 18.8. The lowest BCUT2D eigenvalue weighted by Crippen LogP contribution is -2.42. The van der Waals surface area contributed by atoms with Crippen LogP contribution in [0.2, 0.25) is 5.02 Å². The van der Waals surface area contributed by atoms with Crippen molar-refractivity contribution in [3.8, 4) is 0 Å². The molecule has 2 amide bonds. The molecule has 0 aliphatic carbocycles. The van der Waals surface area contributed by atoms with Crippen molar-refractivity contribution in [2.75, 3.05) is 18.4 Å². The van der Waals surface area contributed by atoms with Crippen LogP contribution >= 0.6 is 11.6 Å². The van der Waals surface area contributed by atoms with Gasteiger partial charge in [0.2, 0.25) is 5.91 Å². The molecule has 1 atom stereocenters. The maximum Gasteiger partial charge on any atom is 0.254 e. The van der Waals surface area contributed by atoms with Crippen molar-refractivity contribution < 1.29 is 14.0 Å². The first-order valence-corrected chi connectivity index (χ1v) is 7.86. The number of rotatable bonds is 7. The lowest BCUT2D eigenvalue weighted by Gasteiger charge is -2.15. The van der Waals surface area contributed by atoms with Crippen LogP contribution in [-0.4, -0.2) is 40.9 Å². The molecule has 25 heavy (non-hydrogen) atoms. The Hall–Kier alpha value is -2.58. The van der Waals surface area contributed by atoms with E-state index in [1.807, 2.05) is 0 Å². The van der Waals surface area contributed by atoms with Gasteiger partial charge in [0.25, 0.3) is 5.91 Å². The Morgan fingerprint density at radius 2 is 2.12 bits per heavy atom. The summed E-state index contributed by atoms with van der Waals surface area (Å²) in [4.78, 5) is 31.5. The Kier molecular flexibility index (Phi) is 6.79. The first-order chi connectivity index (χ1) is 12.0. The number of anilines is 1. The fourth-order valence-corrected chi connectivity index (χ4v) is 2.15. The van der Waals surface area contributed by atoms with E-state index in [1.165, 1.54) is 30.7 Å². The van der Waals surface area contributed by atoms with E-state index in [-0.39, 0.29) is 29.1 Å². The van der Waals surface area contributed by atoms with E-state index in [4.69, 9.17) is 11.6 Å². The first-order valence-electron chi connectivity index (χ1n) is 7.48. The Morgan fingerprint density at radius 3 is 2.84 bits per heavy atom. The second-order valence-electron chi connectivity index (χ2n) is 5.27. The van der Waals surface area contributed by atoms with E-state index in [1.54, 1.807) is 6.92 Å². The topological polar surface area (TPSA) is 96.0 Å². The van der Waals surface area contributed by atoms with Crippen LogP contribution < -0.4 is 16.0 Å². The molecule has 3 N–H and O–H groups in total. The van der Waals surface area contributed by atoms with Crippen LogP contribution in [0.25, 0.3) is 0 Å². The van der Waals surface area contributed by atoms with Gasteiger partial charge in [-0.05, 0) is 25.1 Å². The van der Waals surface area contributed by atoms with Crippen LogP contribution in [0.3, 0.4) is 0 Å². The molecular weight excluding hydrogens is 349 g/mol. The SMILES string of the molecule is C[C@H](CNCC(=O)Nc1cnccn1)NC(=O)c1cc(Cl)ccc1F. The molecule has 7 nitrogen and oxygen atoms in total. The van der Waals surface area contributed by atoms with Gasteiger partial charge < -0.3 is 16.0 Å². The monoisotopic (exact) mass is 365 g/mol. The van der Waals surface area contributed by atoms with Crippen LogP contribution in [0.15, 0.2) is 36.8 Å². The standard InChI is InChI=1S/C16H17ClFN5O2/c1-10(22-16(25)12-6-11(17)2-3-13(12)18)7-20-9-15(24)23-14-8-19-4-5-21-14/h2-6,8,10,20H,7,9H2,1H3,(H,22,25)(H,21,23,24)/t10-/m1/s1. The minimum Gasteiger partial charge on any atom is -0.348 e. The van der Waals surface area contributed by atoms with E-state index in [2.05, 4.69) is 25.9 Å². The third kappa shape index (κ3) is 6.09. The average Bonchev–Trinajstić information content (AvgIpc) is 2.57. The number of hydrogen-bond acceptors (Lipinski definition) is 5. The molecule has 0 radical (unpaired) electrons. The van der Waals surface area contributed by atoms with Crippen LogP contribution in [0.4, 0.5) is 10.2 Å². The largest absolute Gasteiger partial charge is 0.348 e. The van der Waals surface area contributed by atoms with E-state index in [9.17, 15) is 14.0 Å². The summed E-state index contributed by atoms with van der Waals surface area (Å²) in [7, 11) is 0. The molecule has 0 bridgehead atoms. The highest BCUT2D eigenvalue weighted by molar-refractivity contribution is 6.31. The number of hydrogen-bond donors (Lipinski definition) is 3. The maximum atomic E-state index is 13.6. The molecule has 2 rings (SSSR count). The Bertz CT molecular complexity index is 745. The summed E-state index contributed by atoms with van der Waals surface area (Å²) in [6, 6.07) is 3.45. The second kappa shape index (κ2) is 9.05. The van der Waals surface area contributed by atoms with Gasteiger partial charge in [-0.25, -0.2) is 9.37 Å². The number of carbonyl (C=O) groups excluding carboxylic acids is 2. The average molecular weight is 366 g/mol. The summed E-state index contributed by atoms with van der Waals surface area (Å²) in [5, 5.41) is 8.37. The molecule has 0 aliphatic rings. The van der Waals surface area contributed by atoms with Gasteiger partial charge >= 0.3 is 0 Å². The van der Waals surface area contributed by atoms with Gasteiger partial charge in [-0.15, -0.1) is 0 Å². The summed E-state index contributed by atoms with van der Waals surface area (Å²) in [5.74, 6) is -1.16. The van der Waals surface area contributed by atoms with Gasteiger partial charge in [-0.2, -0.15) is 0 Å². The molecule has 0 spiro atoms. The van der Waals surface area contributed by atoms with Crippen molar-refractivity contribution >= 4 is 29.2 Å². The molecule has 0 fully saturated rings. The molecule has 1 aromatic heterocycles. The van der Waals surface area contributed by atoms with Gasteiger partial charge in [0, 0.05) is 30.0 Å². The molecule has 2 aromatic rings. The summed E-state index contributed by atoms with van der Waals surface area (Å²) in [6.45, 7) is 2.08. The van der Waals surface area contributed by atoms with Gasteiger partial charge in [0.15, 0.2) is 5.82 Å². The molecule has 0 saturated carbocycles. The van der Waals surface area contributed by atoms with E-state index in [0.717, 1.165) is 6.07 Å². The minimum atomic E-state index is -0.648. The zero-order valence-corrected chi connectivity index (χ0v) is 14.2. The molecule has 9 heteroatoms. The van der Waals surface area contributed by atoms with Crippen molar-refractivity contribution in [2.45, 2.75) is 13.0 Å². The third-order valence-electron chi connectivity index (χ3n) is 3.12. The van der Waals surface area contributed by atoms with E-state index in [0.29, 0.717) is 12.4 Å². The number of amides is 2. The quantitative estimate of drug-likeness (QED) is 0.693. The third-order valence-corrected chi connectivity index (χ3v) is 3.35. The highest BCUT2D eigenvalue weighted by Crippen LogP contribution is 2.14. The number of aromatic nitrogens is 2. The summed E-state index contributed by atoms with van der Waals surface area (Å²) < 4.78 is 13.6. The summed E-state index contributed by atoms with van der Waals surface area (Å²) >= 11 is 5.77. The zero-order chi connectivity index (χ0) is 18.2. The van der Waals surface area contributed by atoms with E-state index >= 15 is 0 Å². The van der Waals surface area contributed by atoms with Gasteiger partial charge in [-0.3, -0.25) is 14.6 Å². The van der Waals surface area contributed by atoms with Gasteiger partial charge in [0.05, 0.1) is 18.3 Å². The Morgan fingerprint density at radius 1 is 1.32 bits per heavy atom. The minimum absolute atomic E-state index is 0.0301. The van der Waals surface area contributed by atoms with Crippen molar-refractivity contribution in [2.24, 2.45) is 0 Å². The highest BCUT2D eigenvalue weighted by atomic mass is 35.5. The maximum absolute atomic E-state index is 13.6. The Balaban J connectivity index is 1.75. The highest BCUT2D eigenvalue weighted by Gasteiger charge is 2.14. The van der Waals surface area contributed by atoms with E-state index < -0.39 is 11.7 Å². The smallest absolute Gasteiger partial charge is 0.254 e.